The number of nitrogens with one attached hydrogen (secondary N) is 1. The highest BCUT2D eigenvalue weighted by Gasteiger charge is 2.05. The van der Waals surface area contributed by atoms with Gasteiger partial charge in [-0.25, -0.2) is 4.98 Å². The van der Waals surface area contributed by atoms with Crippen LogP contribution in [0.1, 0.15) is 37.7 Å². The van der Waals surface area contributed by atoms with Crippen molar-refractivity contribution in [3.05, 3.63) is 17.7 Å². The van der Waals surface area contributed by atoms with Gasteiger partial charge in [-0.2, -0.15) is 0 Å². The molecular weight excluding hydrogens is 168 g/mol. The van der Waals surface area contributed by atoms with Crippen LogP contribution >= 0.6 is 0 Å². The summed E-state index contributed by atoms with van der Waals surface area (Å²) >= 11 is 0. The van der Waals surface area contributed by atoms with Crippen LogP contribution in [0.4, 0.5) is 0 Å². The van der Waals surface area contributed by atoms with Gasteiger partial charge in [-0.1, -0.05) is 13.8 Å². The highest BCUT2D eigenvalue weighted by atomic mass is 16.4. The molecule has 0 saturated heterocycles. The molecule has 1 heterocycles. The molecule has 0 saturated carbocycles. The predicted octanol–water partition coefficient (Wildman–Crippen LogP) is 1.55. The Kier molecular flexibility index (Phi) is 3.06. The minimum Gasteiger partial charge on any atom is -0.481 e. The van der Waals surface area contributed by atoms with E-state index in [0.717, 1.165) is 11.5 Å². The second-order valence-corrected chi connectivity index (χ2v) is 3.34. The zero-order valence-corrected chi connectivity index (χ0v) is 7.87. The molecule has 2 N–H and O–H groups in total. The van der Waals surface area contributed by atoms with Crippen molar-refractivity contribution < 1.29 is 9.90 Å². The average Bonchev–Trinajstić information content (AvgIpc) is 2.48. The second kappa shape index (κ2) is 4.07. The van der Waals surface area contributed by atoms with E-state index < -0.39 is 5.97 Å². The van der Waals surface area contributed by atoms with Crippen LogP contribution in [-0.2, 0) is 11.2 Å². The summed E-state index contributed by atoms with van der Waals surface area (Å²) < 4.78 is 0. The van der Waals surface area contributed by atoms with Crippen molar-refractivity contribution in [2.24, 2.45) is 0 Å². The first-order valence-electron chi connectivity index (χ1n) is 4.35. The lowest BCUT2D eigenvalue weighted by atomic mass is 10.2. The molecule has 1 aromatic rings. The number of aliphatic carboxylic acids is 1. The molecule has 0 amide bonds. The van der Waals surface area contributed by atoms with Crippen molar-refractivity contribution in [3.8, 4) is 0 Å². The number of carboxylic acid groups (broad SMARTS) is 1. The number of carbonyl (C=O) groups is 1. The fraction of sp³-hybridized carbons (Fsp3) is 0.556. The van der Waals surface area contributed by atoms with Gasteiger partial charge in [0.15, 0.2) is 0 Å². The van der Waals surface area contributed by atoms with E-state index in [1.807, 2.05) is 13.8 Å². The Morgan fingerprint density at radius 3 is 2.85 bits per heavy atom. The monoisotopic (exact) mass is 182 g/mol. The SMILES string of the molecule is CC(C)c1ncc(CCC(=O)O)[nH]1. The summed E-state index contributed by atoms with van der Waals surface area (Å²) in [6.07, 6.45) is 2.38. The van der Waals surface area contributed by atoms with Crippen LogP contribution in [0.5, 0.6) is 0 Å². The smallest absolute Gasteiger partial charge is 0.303 e. The van der Waals surface area contributed by atoms with Gasteiger partial charge in [0.2, 0.25) is 0 Å². The molecule has 13 heavy (non-hydrogen) atoms. The summed E-state index contributed by atoms with van der Waals surface area (Å²) in [6, 6.07) is 0. The Bertz CT molecular complexity index is 292. The molecule has 0 unspecified atom stereocenters. The lowest BCUT2D eigenvalue weighted by molar-refractivity contribution is -0.136. The summed E-state index contributed by atoms with van der Waals surface area (Å²) in [5, 5.41) is 8.46. The number of imidazole rings is 1. The maximum Gasteiger partial charge on any atom is 0.303 e. The number of rotatable bonds is 4. The largest absolute Gasteiger partial charge is 0.481 e. The van der Waals surface area contributed by atoms with Crippen molar-refractivity contribution in [1.29, 1.82) is 0 Å². The van der Waals surface area contributed by atoms with Crippen molar-refractivity contribution >= 4 is 5.97 Å². The zero-order chi connectivity index (χ0) is 9.84. The highest BCUT2D eigenvalue weighted by Crippen LogP contribution is 2.10. The lowest BCUT2D eigenvalue weighted by Gasteiger charge is -1.97. The lowest BCUT2D eigenvalue weighted by Crippen LogP contribution is -1.98. The number of hydrogen-bond acceptors (Lipinski definition) is 2. The van der Waals surface area contributed by atoms with E-state index in [4.69, 9.17) is 5.11 Å². The summed E-state index contributed by atoms with van der Waals surface area (Å²) in [5.74, 6) is 0.500. The van der Waals surface area contributed by atoms with E-state index in [1.165, 1.54) is 0 Å². The molecule has 0 bridgehead atoms. The van der Waals surface area contributed by atoms with E-state index in [1.54, 1.807) is 6.20 Å². The molecule has 0 fully saturated rings. The molecule has 0 spiro atoms. The van der Waals surface area contributed by atoms with Crippen molar-refractivity contribution in [3.63, 3.8) is 0 Å². The van der Waals surface area contributed by atoms with Gasteiger partial charge in [-0.15, -0.1) is 0 Å². The number of aromatic nitrogens is 2. The Morgan fingerprint density at radius 1 is 1.69 bits per heavy atom. The van der Waals surface area contributed by atoms with Gasteiger partial charge >= 0.3 is 5.97 Å². The number of carboxylic acids is 1. The topological polar surface area (TPSA) is 66.0 Å². The summed E-state index contributed by atoms with van der Waals surface area (Å²) in [4.78, 5) is 17.5. The van der Waals surface area contributed by atoms with Crippen LogP contribution in [0.3, 0.4) is 0 Å². The van der Waals surface area contributed by atoms with Gasteiger partial charge in [0, 0.05) is 17.8 Å². The van der Waals surface area contributed by atoms with Crippen LogP contribution in [-0.4, -0.2) is 21.0 Å². The van der Waals surface area contributed by atoms with Crippen LogP contribution in [0.25, 0.3) is 0 Å². The first-order valence-corrected chi connectivity index (χ1v) is 4.35. The number of nitrogens with zero attached hydrogens (tertiary/aromatic N) is 1. The Balaban J connectivity index is 2.54. The summed E-state index contributed by atoms with van der Waals surface area (Å²) in [6.45, 7) is 4.08. The summed E-state index contributed by atoms with van der Waals surface area (Å²) in [5.41, 5.74) is 0.895. The van der Waals surface area contributed by atoms with E-state index in [9.17, 15) is 4.79 Å². The van der Waals surface area contributed by atoms with Crippen molar-refractivity contribution in [2.45, 2.75) is 32.6 Å². The van der Waals surface area contributed by atoms with Gasteiger partial charge in [-0.05, 0) is 6.42 Å². The van der Waals surface area contributed by atoms with Gasteiger partial charge in [-0.3, -0.25) is 4.79 Å². The minimum absolute atomic E-state index is 0.153. The maximum atomic E-state index is 10.3. The van der Waals surface area contributed by atoms with E-state index >= 15 is 0 Å². The predicted molar refractivity (Wildman–Crippen MR) is 48.6 cm³/mol. The third kappa shape index (κ3) is 2.89. The molecule has 72 valence electrons. The molecular formula is C9H14N2O2. The summed E-state index contributed by atoms with van der Waals surface area (Å²) in [7, 11) is 0. The standard InChI is InChI=1S/C9H14N2O2/c1-6(2)9-10-5-7(11-9)3-4-8(12)13/h5-6H,3-4H2,1-2H3,(H,10,11)(H,12,13). The Labute approximate surface area is 77.0 Å². The van der Waals surface area contributed by atoms with Gasteiger partial charge in [0.25, 0.3) is 0 Å². The van der Waals surface area contributed by atoms with E-state index in [2.05, 4.69) is 9.97 Å². The van der Waals surface area contributed by atoms with Gasteiger partial charge < -0.3 is 10.1 Å². The van der Waals surface area contributed by atoms with Crippen molar-refractivity contribution in [1.82, 2.24) is 9.97 Å². The Morgan fingerprint density at radius 2 is 2.38 bits per heavy atom. The van der Waals surface area contributed by atoms with Crippen LogP contribution in [0, 0.1) is 0 Å². The first-order chi connectivity index (χ1) is 6.09. The second-order valence-electron chi connectivity index (χ2n) is 3.34. The average molecular weight is 182 g/mol. The Hall–Kier alpha value is -1.32. The molecule has 0 aliphatic rings. The maximum absolute atomic E-state index is 10.3. The molecule has 0 atom stereocenters. The third-order valence-corrected chi connectivity index (χ3v) is 1.80. The molecule has 4 nitrogen and oxygen atoms in total. The van der Waals surface area contributed by atoms with Crippen molar-refractivity contribution in [2.75, 3.05) is 0 Å². The molecule has 4 heteroatoms. The molecule has 0 aliphatic heterocycles. The third-order valence-electron chi connectivity index (χ3n) is 1.80. The minimum atomic E-state index is -0.777. The molecule has 0 radical (unpaired) electrons. The number of hydrogen-bond donors (Lipinski definition) is 2. The fourth-order valence-corrected chi connectivity index (χ4v) is 1.04. The first kappa shape index (κ1) is 9.77. The fourth-order valence-electron chi connectivity index (χ4n) is 1.04. The van der Waals surface area contributed by atoms with Crippen LogP contribution in [0.15, 0.2) is 6.20 Å². The van der Waals surface area contributed by atoms with E-state index in [0.29, 0.717) is 12.3 Å². The van der Waals surface area contributed by atoms with E-state index in [-0.39, 0.29) is 6.42 Å². The molecule has 1 aromatic heterocycles. The van der Waals surface area contributed by atoms with Gasteiger partial charge in [0.1, 0.15) is 5.82 Å². The zero-order valence-electron chi connectivity index (χ0n) is 7.87. The molecule has 1 rings (SSSR count). The normalized spacial score (nSPS) is 10.7. The number of H-pyrrole nitrogens is 1. The highest BCUT2D eigenvalue weighted by molar-refractivity contribution is 5.66. The van der Waals surface area contributed by atoms with Crippen LogP contribution in [0.2, 0.25) is 0 Å². The molecule has 0 aliphatic carbocycles. The quantitative estimate of drug-likeness (QED) is 0.742. The number of aryl methyl sites for hydroxylation is 1. The number of aromatic amines is 1. The van der Waals surface area contributed by atoms with Crippen LogP contribution < -0.4 is 0 Å². The molecule has 0 aromatic carbocycles. The van der Waals surface area contributed by atoms with Gasteiger partial charge in [0.05, 0.1) is 6.42 Å².